The van der Waals surface area contributed by atoms with Crippen LogP contribution in [0.25, 0.3) is 0 Å². The lowest BCUT2D eigenvalue weighted by atomic mass is 10.00. The molecule has 0 N–H and O–H groups in total. The maximum absolute atomic E-state index is 12.5. The first-order valence-electron chi connectivity index (χ1n) is 5.47. The van der Waals surface area contributed by atoms with Gasteiger partial charge in [0, 0.05) is 4.47 Å². The molecule has 0 bridgehead atoms. The zero-order valence-corrected chi connectivity index (χ0v) is 12.8. The van der Waals surface area contributed by atoms with Crippen LogP contribution in [0.15, 0.2) is 28.1 Å². The predicted molar refractivity (Wildman–Crippen MR) is 77.9 cm³/mol. The summed E-state index contributed by atoms with van der Waals surface area (Å²) in [6.07, 6.45) is 0. The molecule has 1 aromatic carbocycles. The van der Waals surface area contributed by atoms with E-state index >= 15 is 0 Å². The van der Waals surface area contributed by atoms with Crippen LogP contribution in [-0.2, 0) is 0 Å². The van der Waals surface area contributed by atoms with Crippen LogP contribution in [0.1, 0.15) is 26.4 Å². The van der Waals surface area contributed by atoms with Crippen molar-refractivity contribution in [1.82, 2.24) is 0 Å². The molecule has 0 saturated carbocycles. The highest BCUT2D eigenvalue weighted by Crippen LogP contribution is 2.31. The largest absolute Gasteiger partial charge is 0.496 e. The maximum Gasteiger partial charge on any atom is 0.208 e. The SMILES string of the molecule is COc1cc(C)cc(C)c1C(=O)c1sccc1Br. The summed E-state index contributed by atoms with van der Waals surface area (Å²) in [5, 5.41) is 1.90. The van der Waals surface area contributed by atoms with Crippen LogP contribution in [0.2, 0.25) is 0 Å². The van der Waals surface area contributed by atoms with Crippen molar-refractivity contribution in [2.24, 2.45) is 0 Å². The number of ether oxygens (including phenoxy) is 1. The zero-order chi connectivity index (χ0) is 13.3. The number of ketones is 1. The summed E-state index contributed by atoms with van der Waals surface area (Å²) in [5.74, 6) is 0.643. The van der Waals surface area contributed by atoms with E-state index in [1.165, 1.54) is 11.3 Å². The quantitative estimate of drug-likeness (QED) is 0.784. The summed E-state index contributed by atoms with van der Waals surface area (Å²) < 4.78 is 6.17. The van der Waals surface area contributed by atoms with E-state index in [2.05, 4.69) is 15.9 Å². The molecule has 4 heteroatoms. The minimum Gasteiger partial charge on any atom is -0.496 e. The van der Waals surface area contributed by atoms with Crippen molar-refractivity contribution >= 4 is 33.0 Å². The van der Waals surface area contributed by atoms with E-state index in [-0.39, 0.29) is 5.78 Å². The van der Waals surface area contributed by atoms with Gasteiger partial charge in [-0.2, -0.15) is 0 Å². The third kappa shape index (κ3) is 2.35. The highest BCUT2D eigenvalue weighted by molar-refractivity contribution is 9.10. The van der Waals surface area contributed by atoms with E-state index in [0.717, 1.165) is 15.6 Å². The Balaban J connectivity index is 2.58. The van der Waals surface area contributed by atoms with Gasteiger partial charge >= 0.3 is 0 Å². The van der Waals surface area contributed by atoms with Crippen LogP contribution >= 0.6 is 27.3 Å². The second kappa shape index (κ2) is 5.24. The summed E-state index contributed by atoms with van der Waals surface area (Å²) in [6, 6.07) is 5.77. The molecule has 2 aromatic rings. The summed E-state index contributed by atoms with van der Waals surface area (Å²) >= 11 is 4.83. The molecule has 0 radical (unpaired) electrons. The molecule has 0 aliphatic rings. The molecule has 0 atom stereocenters. The zero-order valence-electron chi connectivity index (χ0n) is 10.4. The fraction of sp³-hybridized carbons (Fsp3) is 0.214. The normalized spacial score (nSPS) is 10.4. The number of halogens is 1. The number of hydrogen-bond donors (Lipinski definition) is 0. The summed E-state index contributed by atoms with van der Waals surface area (Å²) in [5.41, 5.74) is 2.68. The minimum atomic E-state index is 0.00576. The minimum absolute atomic E-state index is 0.00576. The van der Waals surface area contributed by atoms with E-state index in [0.29, 0.717) is 16.2 Å². The Bertz CT molecular complexity index is 602. The first-order valence-corrected chi connectivity index (χ1v) is 7.14. The second-order valence-corrected chi connectivity index (χ2v) is 5.86. The van der Waals surface area contributed by atoms with Crippen LogP contribution in [0.5, 0.6) is 5.75 Å². The molecule has 0 saturated heterocycles. The van der Waals surface area contributed by atoms with E-state index in [1.54, 1.807) is 7.11 Å². The number of hydrogen-bond acceptors (Lipinski definition) is 3. The molecule has 18 heavy (non-hydrogen) atoms. The van der Waals surface area contributed by atoms with Crippen LogP contribution in [0.4, 0.5) is 0 Å². The van der Waals surface area contributed by atoms with Crippen molar-refractivity contribution in [3.63, 3.8) is 0 Å². The average Bonchev–Trinajstić information content (AvgIpc) is 2.73. The van der Waals surface area contributed by atoms with E-state index in [4.69, 9.17) is 4.74 Å². The highest BCUT2D eigenvalue weighted by Gasteiger charge is 2.20. The lowest BCUT2D eigenvalue weighted by Crippen LogP contribution is -2.06. The lowest BCUT2D eigenvalue weighted by molar-refractivity contribution is 0.103. The van der Waals surface area contributed by atoms with Gasteiger partial charge in [-0.05, 0) is 58.4 Å². The highest BCUT2D eigenvalue weighted by atomic mass is 79.9. The van der Waals surface area contributed by atoms with Gasteiger partial charge in [0.2, 0.25) is 5.78 Å². The summed E-state index contributed by atoms with van der Waals surface area (Å²) in [6.45, 7) is 3.93. The van der Waals surface area contributed by atoms with Gasteiger partial charge in [-0.1, -0.05) is 6.07 Å². The number of aryl methyl sites for hydroxylation is 2. The number of carbonyl (C=O) groups excluding carboxylic acids is 1. The average molecular weight is 325 g/mol. The second-order valence-electron chi connectivity index (χ2n) is 4.09. The summed E-state index contributed by atoms with van der Waals surface area (Å²) in [4.78, 5) is 13.2. The monoisotopic (exact) mass is 324 g/mol. The van der Waals surface area contributed by atoms with Crippen LogP contribution in [0, 0.1) is 13.8 Å². The van der Waals surface area contributed by atoms with E-state index < -0.39 is 0 Å². The molecule has 0 amide bonds. The van der Waals surface area contributed by atoms with Crippen molar-refractivity contribution in [1.29, 1.82) is 0 Å². The predicted octanol–water partition coefficient (Wildman–Crippen LogP) is 4.37. The Kier molecular flexibility index (Phi) is 3.88. The van der Waals surface area contributed by atoms with E-state index in [1.807, 2.05) is 37.4 Å². The standard InChI is InChI=1S/C14H13BrO2S/c1-8-6-9(2)12(11(7-8)17-3)13(16)14-10(15)4-5-18-14/h4-7H,1-3H3. The van der Waals surface area contributed by atoms with Crippen molar-refractivity contribution in [2.45, 2.75) is 13.8 Å². The van der Waals surface area contributed by atoms with Gasteiger partial charge in [-0.15, -0.1) is 11.3 Å². The Hall–Kier alpha value is -1.13. The van der Waals surface area contributed by atoms with Gasteiger partial charge in [0.05, 0.1) is 17.6 Å². The molecular weight excluding hydrogens is 312 g/mol. The summed E-state index contributed by atoms with van der Waals surface area (Å²) in [7, 11) is 1.59. The van der Waals surface area contributed by atoms with Crippen LogP contribution < -0.4 is 4.74 Å². The fourth-order valence-corrected chi connectivity index (χ4v) is 3.45. The fourth-order valence-electron chi connectivity index (χ4n) is 1.95. The third-order valence-electron chi connectivity index (χ3n) is 2.71. The topological polar surface area (TPSA) is 26.3 Å². The van der Waals surface area contributed by atoms with Gasteiger partial charge in [-0.3, -0.25) is 4.79 Å². The van der Waals surface area contributed by atoms with Crippen molar-refractivity contribution in [3.8, 4) is 5.75 Å². The number of carbonyl (C=O) groups is 1. The third-order valence-corrected chi connectivity index (χ3v) is 4.55. The Labute approximate surface area is 119 Å². The molecular formula is C14H13BrO2S. The smallest absolute Gasteiger partial charge is 0.208 e. The molecule has 0 fully saturated rings. The first-order chi connectivity index (χ1) is 8.54. The van der Waals surface area contributed by atoms with Crippen molar-refractivity contribution < 1.29 is 9.53 Å². The molecule has 0 unspecified atom stereocenters. The van der Waals surface area contributed by atoms with Crippen molar-refractivity contribution in [3.05, 3.63) is 49.6 Å². The molecule has 0 aliphatic carbocycles. The molecule has 0 aliphatic heterocycles. The van der Waals surface area contributed by atoms with Crippen LogP contribution in [0.3, 0.4) is 0 Å². The van der Waals surface area contributed by atoms with Gasteiger partial charge in [0.15, 0.2) is 0 Å². The molecule has 1 heterocycles. The Morgan fingerprint density at radius 3 is 2.61 bits per heavy atom. The lowest BCUT2D eigenvalue weighted by Gasteiger charge is -2.11. The molecule has 2 nitrogen and oxygen atoms in total. The first kappa shape index (κ1) is 13.3. The Morgan fingerprint density at radius 2 is 2.06 bits per heavy atom. The molecule has 0 spiro atoms. The van der Waals surface area contributed by atoms with Crippen molar-refractivity contribution in [2.75, 3.05) is 7.11 Å². The molecule has 94 valence electrons. The van der Waals surface area contributed by atoms with Gasteiger partial charge in [0.1, 0.15) is 5.75 Å². The molecule has 2 rings (SSSR count). The number of rotatable bonds is 3. The van der Waals surface area contributed by atoms with E-state index in [9.17, 15) is 4.79 Å². The molecule has 1 aromatic heterocycles. The number of benzene rings is 1. The number of thiophene rings is 1. The number of methoxy groups -OCH3 is 1. The van der Waals surface area contributed by atoms with Gasteiger partial charge in [-0.25, -0.2) is 0 Å². The maximum atomic E-state index is 12.5. The Morgan fingerprint density at radius 1 is 1.33 bits per heavy atom. The van der Waals surface area contributed by atoms with Gasteiger partial charge < -0.3 is 4.74 Å². The van der Waals surface area contributed by atoms with Gasteiger partial charge in [0.25, 0.3) is 0 Å². The van der Waals surface area contributed by atoms with Crippen LogP contribution in [-0.4, -0.2) is 12.9 Å².